The molecule has 2 heterocycles. The summed E-state index contributed by atoms with van der Waals surface area (Å²) in [7, 11) is 0. The van der Waals surface area contributed by atoms with Gasteiger partial charge in [0.2, 0.25) is 0 Å². The number of nitrogens with zero attached hydrogens (tertiary/aromatic N) is 1. The monoisotopic (exact) mass is 198 g/mol. The molecule has 1 fully saturated rings. The molecule has 1 aromatic rings. The van der Waals surface area contributed by atoms with Crippen molar-refractivity contribution in [1.29, 1.82) is 0 Å². The van der Waals surface area contributed by atoms with Gasteiger partial charge in [-0.3, -0.25) is 0 Å². The van der Waals surface area contributed by atoms with Gasteiger partial charge in [-0.1, -0.05) is 11.6 Å². The molecule has 1 unspecified atom stereocenters. The second kappa shape index (κ2) is 3.94. The van der Waals surface area contributed by atoms with Gasteiger partial charge in [0.15, 0.2) is 0 Å². The number of ether oxygens (including phenoxy) is 1. The van der Waals surface area contributed by atoms with E-state index >= 15 is 0 Å². The highest BCUT2D eigenvalue weighted by Crippen LogP contribution is 2.15. The van der Waals surface area contributed by atoms with Crippen LogP contribution in [0, 0.1) is 0 Å². The Bertz CT molecular complexity index is 269. The summed E-state index contributed by atoms with van der Waals surface area (Å²) in [4.78, 5) is 3.94. The third-order valence-corrected chi connectivity index (χ3v) is 2.24. The Labute approximate surface area is 82.1 Å². The van der Waals surface area contributed by atoms with Crippen LogP contribution in [0.3, 0.4) is 0 Å². The lowest BCUT2D eigenvalue weighted by molar-refractivity contribution is 0.222. The van der Waals surface area contributed by atoms with E-state index in [1.165, 1.54) is 0 Å². The van der Waals surface area contributed by atoms with E-state index in [1.54, 1.807) is 12.3 Å². The van der Waals surface area contributed by atoms with Crippen molar-refractivity contribution in [3.8, 4) is 5.75 Å². The van der Waals surface area contributed by atoms with Crippen molar-refractivity contribution in [2.24, 2.45) is 0 Å². The van der Waals surface area contributed by atoms with E-state index in [-0.39, 0.29) is 6.10 Å². The summed E-state index contributed by atoms with van der Waals surface area (Å²) in [5, 5.41) is 3.73. The van der Waals surface area contributed by atoms with Crippen molar-refractivity contribution in [2.45, 2.75) is 12.5 Å². The van der Waals surface area contributed by atoms with Crippen LogP contribution in [-0.4, -0.2) is 24.2 Å². The minimum absolute atomic E-state index is 0.281. The first-order valence-electron chi connectivity index (χ1n) is 4.33. The van der Waals surface area contributed by atoms with E-state index in [0.717, 1.165) is 25.3 Å². The largest absolute Gasteiger partial charge is 0.487 e. The molecule has 1 aliphatic heterocycles. The van der Waals surface area contributed by atoms with E-state index in [4.69, 9.17) is 16.3 Å². The van der Waals surface area contributed by atoms with E-state index in [9.17, 15) is 0 Å². The maximum Gasteiger partial charge on any atom is 0.138 e. The van der Waals surface area contributed by atoms with Crippen LogP contribution in [0.2, 0.25) is 5.15 Å². The van der Waals surface area contributed by atoms with Gasteiger partial charge in [-0.05, 0) is 25.1 Å². The first-order valence-corrected chi connectivity index (χ1v) is 4.71. The Balaban J connectivity index is 1.97. The fourth-order valence-corrected chi connectivity index (χ4v) is 1.46. The molecule has 13 heavy (non-hydrogen) atoms. The molecule has 4 heteroatoms. The maximum atomic E-state index is 5.65. The van der Waals surface area contributed by atoms with Crippen LogP contribution in [0.15, 0.2) is 18.3 Å². The number of halogens is 1. The van der Waals surface area contributed by atoms with Gasteiger partial charge in [0, 0.05) is 6.54 Å². The van der Waals surface area contributed by atoms with Crippen LogP contribution < -0.4 is 10.1 Å². The summed E-state index contributed by atoms with van der Waals surface area (Å²) in [5.74, 6) is 0.790. The quantitative estimate of drug-likeness (QED) is 0.731. The lowest BCUT2D eigenvalue weighted by Crippen LogP contribution is -2.19. The number of pyridine rings is 1. The third-order valence-electron chi connectivity index (χ3n) is 2.02. The molecular formula is C9H11ClN2O. The van der Waals surface area contributed by atoms with Gasteiger partial charge in [-0.25, -0.2) is 4.98 Å². The van der Waals surface area contributed by atoms with Crippen molar-refractivity contribution < 1.29 is 4.74 Å². The zero-order valence-electron chi connectivity index (χ0n) is 7.16. The van der Waals surface area contributed by atoms with Gasteiger partial charge in [0.25, 0.3) is 0 Å². The van der Waals surface area contributed by atoms with Crippen LogP contribution in [0.5, 0.6) is 5.75 Å². The SMILES string of the molecule is Clc1ccc(OC2CCNC2)cn1. The van der Waals surface area contributed by atoms with Crippen molar-refractivity contribution >= 4 is 11.6 Å². The molecule has 0 aliphatic carbocycles. The summed E-state index contributed by atoms with van der Waals surface area (Å²) in [6, 6.07) is 3.58. The van der Waals surface area contributed by atoms with Gasteiger partial charge >= 0.3 is 0 Å². The van der Waals surface area contributed by atoms with Crippen LogP contribution in [0.1, 0.15) is 6.42 Å². The average molecular weight is 199 g/mol. The number of hydrogen-bond acceptors (Lipinski definition) is 3. The maximum absolute atomic E-state index is 5.65. The topological polar surface area (TPSA) is 34.1 Å². The van der Waals surface area contributed by atoms with Crippen molar-refractivity contribution in [3.05, 3.63) is 23.5 Å². The lowest BCUT2D eigenvalue weighted by atomic mass is 10.3. The molecule has 0 amide bonds. The standard InChI is InChI=1S/C9H11ClN2O/c10-9-2-1-7(6-12-9)13-8-3-4-11-5-8/h1-2,6,8,11H,3-5H2. The van der Waals surface area contributed by atoms with Gasteiger partial charge in [0.1, 0.15) is 17.0 Å². The molecule has 0 radical (unpaired) electrons. The predicted molar refractivity (Wildman–Crippen MR) is 51.1 cm³/mol. The van der Waals surface area contributed by atoms with Crippen LogP contribution in [0.4, 0.5) is 0 Å². The second-order valence-corrected chi connectivity index (χ2v) is 3.44. The zero-order valence-corrected chi connectivity index (χ0v) is 7.92. The van der Waals surface area contributed by atoms with E-state index in [2.05, 4.69) is 10.3 Å². The first kappa shape index (κ1) is 8.78. The number of rotatable bonds is 2. The Hall–Kier alpha value is -0.800. The molecule has 2 rings (SSSR count). The normalized spacial score (nSPS) is 21.8. The Morgan fingerprint density at radius 3 is 3.08 bits per heavy atom. The zero-order chi connectivity index (χ0) is 9.10. The fourth-order valence-electron chi connectivity index (χ4n) is 1.35. The molecule has 1 N–H and O–H groups in total. The average Bonchev–Trinajstić information content (AvgIpc) is 2.62. The summed E-state index contributed by atoms with van der Waals surface area (Å²) in [6.07, 6.45) is 2.99. The highest BCUT2D eigenvalue weighted by molar-refractivity contribution is 6.29. The Morgan fingerprint density at radius 1 is 1.54 bits per heavy atom. The summed E-state index contributed by atoms with van der Waals surface area (Å²) >= 11 is 5.65. The predicted octanol–water partition coefficient (Wildman–Crippen LogP) is 1.48. The first-order chi connectivity index (χ1) is 6.34. The Kier molecular flexibility index (Phi) is 2.66. The minimum atomic E-state index is 0.281. The molecule has 1 aromatic heterocycles. The van der Waals surface area contributed by atoms with Crippen molar-refractivity contribution in [1.82, 2.24) is 10.3 Å². The summed E-state index contributed by atoms with van der Waals surface area (Å²) in [5.41, 5.74) is 0. The molecule has 1 aliphatic rings. The van der Waals surface area contributed by atoms with E-state index in [0.29, 0.717) is 5.15 Å². The summed E-state index contributed by atoms with van der Waals surface area (Å²) in [6.45, 7) is 1.95. The molecule has 0 saturated carbocycles. The van der Waals surface area contributed by atoms with E-state index in [1.807, 2.05) is 6.07 Å². The number of nitrogens with one attached hydrogen (secondary N) is 1. The lowest BCUT2D eigenvalue weighted by Gasteiger charge is -2.11. The molecule has 1 saturated heterocycles. The van der Waals surface area contributed by atoms with Crippen LogP contribution >= 0.6 is 11.6 Å². The molecular weight excluding hydrogens is 188 g/mol. The van der Waals surface area contributed by atoms with Gasteiger partial charge in [-0.15, -0.1) is 0 Å². The van der Waals surface area contributed by atoms with Gasteiger partial charge in [0.05, 0.1) is 6.20 Å². The highest BCUT2D eigenvalue weighted by Gasteiger charge is 2.15. The van der Waals surface area contributed by atoms with Gasteiger partial charge < -0.3 is 10.1 Å². The smallest absolute Gasteiger partial charge is 0.138 e. The molecule has 3 nitrogen and oxygen atoms in total. The van der Waals surface area contributed by atoms with Gasteiger partial charge in [-0.2, -0.15) is 0 Å². The van der Waals surface area contributed by atoms with E-state index < -0.39 is 0 Å². The Morgan fingerprint density at radius 2 is 2.46 bits per heavy atom. The molecule has 0 aromatic carbocycles. The number of aromatic nitrogens is 1. The summed E-state index contributed by atoms with van der Waals surface area (Å²) < 4.78 is 5.65. The van der Waals surface area contributed by atoms with Crippen molar-refractivity contribution in [2.75, 3.05) is 13.1 Å². The third kappa shape index (κ3) is 2.32. The molecule has 0 spiro atoms. The van der Waals surface area contributed by atoms with Crippen LogP contribution in [-0.2, 0) is 0 Å². The second-order valence-electron chi connectivity index (χ2n) is 3.05. The fraction of sp³-hybridized carbons (Fsp3) is 0.444. The number of hydrogen-bond donors (Lipinski definition) is 1. The molecule has 0 bridgehead atoms. The minimum Gasteiger partial charge on any atom is -0.487 e. The molecule has 1 atom stereocenters. The highest BCUT2D eigenvalue weighted by atomic mass is 35.5. The van der Waals surface area contributed by atoms with Crippen LogP contribution in [0.25, 0.3) is 0 Å². The molecule has 70 valence electrons. The van der Waals surface area contributed by atoms with Crippen molar-refractivity contribution in [3.63, 3.8) is 0 Å².